The first-order valence-electron chi connectivity index (χ1n) is 4.58. The molecule has 0 unspecified atom stereocenters. The fourth-order valence-electron chi connectivity index (χ4n) is 1.19. The van der Waals surface area contributed by atoms with Crippen LogP contribution < -0.4 is 11.1 Å². The quantitative estimate of drug-likeness (QED) is 0.756. The first-order chi connectivity index (χ1) is 7.29. The number of benzene rings is 1. The van der Waals surface area contributed by atoms with Crippen LogP contribution in [0, 0.1) is 0 Å². The topological polar surface area (TPSA) is 81.7 Å². The highest BCUT2D eigenvalue weighted by atomic mass is 15.6. The SMILES string of the molecule is Cn1nnnc1Nc1ccc(CN)cc1. The second-order valence-electron chi connectivity index (χ2n) is 3.15. The molecular formula is C9H12N6. The lowest BCUT2D eigenvalue weighted by Gasteiger charge is -2.04. The van der Waals surface area contributed by atoms with Crippen LogP contribution in [0.25, 0.3) is 0 Å². The van der Waals surface area contributed by atoms with Crippen molar-refractivity contribution in [2.75, 3.05) is 5.32 Å². The van der Waals surface area contributed by atoms with E-state index < -0.39 is 0 Å². The molecular weight excluding hydrogens is 192 g/mol. The number of aromatic nitrogens is 4. The van der Waals surface area contributed by atoms with Crippen molar-refractivity contribution in [3.05, 3.63) is 29.8 Å². The monoisotopic (exact) mass is 204 g/mol. The van der Waals surface area contributed by atoms with Crippen LogP contribution in [-0.2, 0) is 13.6 Å². The van der Waals surface area contributed by atoms with Crippen molar-refractivity contribution in [1.29, 1.82) is 0 Å². The van der Waals surface area contributed by atoms with E-state index in [0.29, 0.717) is 12.5 Å². The zero-order valence-electron chi connectivity index (χ0n) is 8.38. The molecule has 15 heavy (non-hydrogen) atoms. The van der Waals surface area contributed by atoms with Gasteiger partial charge in [0, 0.05) is 19.3 Å². The number of nitrogens with one attached hydrogen (secondary N) is 1. The van der Waals surface area contributed by atoms with E-state index in [1.165, 1.54) is 0 Å². The van der Waals surface area contributed by atoms with Crippen LogP contribution in [0.2, 0.25) is 0 Å². The van der Waals surface area contributed by atoms with Crippen LogP contribution in [0.1, 0.15) is 5.56 Å². The van der Waals surface area contributed by atoms with Gasteiger partial charge in [-0.25, -0.2) is 4.68 Å². The van der Waals surface area contributed by atoms with Gasteiger partial charge in [-0.05, 0) is 28.1 Å². The maximum Gasteiger partial charge on any atom is 0.247 e. The maximum atomic E-state index is 5.50. The van der Waals surface area contributed by atoms with E-state index in [-0.39, 0.29) is 0 Å². The molecule has 0 aliphatic rings. The van der Waals surface area contributed by atoms with Crippen molar-refractivity contribution in [2.45, 2.75) is 6.54 Å². The van der Waals surface area contributed by atoms with E-state index in [1.807, 2.05) is 24.3 Å². The molecule has 0 saturated heterocycles. The van der Waals surface area contributed by atoms with Crippen molar-refractivity contribution in [3.8, 4) is 0 Å². The highest BCUT2D eigenvalue weighted by molar-refractivity contribution is 5.53. The molecule has 6 heteroatoms. The van der Waals surface area contributed by atoms with Crippen LogP contribution in [0.15, 0.2) is 24.3 Å². The molecule has 1 aromatic heterocycles. The average molecular weight is 204 g/mol. The Morgan fingerprint density at radius 3 is 2.60 bits per heavy atom. The summed E-state index contributed by atoms with van der Waals surface area (Å²) >= 11 is 0. The number of tetrazole rings is 1. The van der Waals surface area contributed by atoms with Crippen LogP contribution in [0.4, 0.5) is 11.6 Å². The van der Waals surface area contributed by atoms with E-state index in [4.69, 9.17) is 5.73 Å². The van der Waals surface area contributed by atoms with Crippen LogP contribution in [0.3, 0.4) is 0 Å². The van der Waals surface area contributed by atoms with Crippen molar-refractivity contribution >= 4 is 11.6 Å². The normalized spacial score (nSPS) is 10.3. The molecule has 2 rings (SSSR count). The Morgan fingerprint density at radius 1 is 1.33 bits per heavy atom. The fraction of sp³-hybridized carbons (Fsp3) is 0.222. The smallest absolute Gasteiger partial charge is 0.247 e. The Labute approximate surface area is 87.1 Å². The van der Waals surface area contributed by atoms with Gasteiger partial charge in [0.1, 0.15) is 0 Å². The van der Waals surface area contributed by atoms with Crippen LogP contribution >= 0.6 is 0 Å². The predicted octanol–water partition coefficient (Wildman–Crippen LogP) is 0.412. The van der Waals surface area contributed by atoms with Gasteiger partial charge in [0.05, 0.1) is 0 Å². The van der Waals surface area contributed by atoms with Gasteiger partial charge >= 0.3 is 0 Å². The van der Waals surface area contributed by atoms with Gasteiger partial charge in [-0.3, -0.25) is 0 Å². The summed E-state index contributed by atoms with van der Waals surface area (Å²) < 4.78 is 1.57. The average Bonchev–Trinajstić information content (AvgIpc) is 2.66. The minimum Gasteiger partial charge on any atom is -0.326 e. The highest BCUT2D eigenvalue weighted by Gasteiger charge is 2.01. The van der Waals surface area contributed by atoms with Crippen molar-refractivity contribution in [2.24, 2.45) is 12.8 Å². The Morgan fingerprint density at radius 2 is 2.07 bits per heavy atom. The van der Waals surface area contributed by atoms with Gasteiger partial charge in [-0.1, -0.05) is 17.2 Å². The summed E-state index contributed by atoms with van der Waals surface area (Å²) in [5, 5.41) is 14.2. The Bertz CT molecular complexity index is 432. The molecule has 0 amide bonds. The first kappa shape index (κ1) is 9.60. The summed E-state index contributed by atoms with van der Waals surface area (Å²) in [6.45, 7) is 0.547. The number of aryl methyl sites for hydroxylation is 1. The van der Waals surface area contributed by atoms with Crippen molar-refractivity contribution in [3.63, 3.8) is 0 Å². The molecule has 0 aliphatic heterocycles. The molecule has 1 heterocycles. The molecule has 0 radical (unpaired) electrons. The number of rotatable bonds is 3. The van der Waals surface area contributed by atoms with Crippen LogP contribution in [-0.4, -0.2) is 20.2 Å². The third-order valence-corrected chi connectivity index (χ3v) is 2.07. The summed E-state index contributed by atoms with van der Waals surface area (Å²) in [6, 6.07) is 7.81. The summed E-state index contributed by atoms with van der Waals surface area (Å²) in [5.74, 6) is 0.607. The number of anilines is 2. The van der Waals surface area contributed by atoms with E-state index in [0.717, 1.165) is 11.3 Å². The third-order valence-electron chi connectivity index (χ3n) is 2.07. The van der Waals surface area contributed by atoms with Gasteiger partial charge in [0.25, 0.3) is 0 Å². The summed E-state index contributed by atoms with van der Waals surface area (Å²) in [6.07, 6.45) is 0. The van der Waals surface area contributed by atoms with E-state index in [2.05, 4.69) is 20.8 Å². The highest BCUT2D eigenvalue weighted by Crippen LogP contribution is 2.13. The van der Waals surface area contributed by atoms with Gasteiger partial charge in [-0.2, -0.15) is 0 Å². The lowest BCUT2D eigenvalue weighted by Crippen LogP contribution is -2.01. The van der Waals surface area contributed by atoms with Gasteiger partial charge in [-0.15, -0.1) is 0 Å². The molecule has 6 nitrogen and oxygen atoms in total. The number of hydrogen-bond acceptors (Lipinski definition) is 5. The van der Waals surface area contributed by atoms with Gasteiger partial charge in [0.2, 0.25) is 5.95 Å². The molecule has 78 valence electrons. The molecule has 1 aromatic carbocycles. The van der Waals surface area contributed by atoms with E-state index >= 15 is 0 Å². The minimum absolute atomic E-state index is 0.547. The number of nitrogens with zero attached hydrogens (tertiary/aromatic N) is 4. The van der Waals surface area contributed by atoms with E-state index in [1.54, 1.807) is 11.7 Å². The lowest BCUT2D eigenvalue weighted by atomic mass is 10.2. The molecule has 0 fully saturated rings. The molecule has 0 atom stereocenters. The van der Waals surface area contributed by atoms with Gasteiger partial charge < -0.3 is 11.1 Å². The predicted molar refractivity (Wildman–Crippen MR) is 56.4 cm³/mol. The fourth-order valence-corrected chi connectivity index (χ4v) is 1.19. The summed E-state index contributed by atoms with van der Waals surface area (Å²) in [4.78, 5) is 0. The zero-order chi connectivity index (χ0) is 10.7. The van der Waals surface area contributed by atoms with Gasteiger partial charge in [0.15, 0.2) is 0 Å². The number of nitrogens with two attached hydrogens (primary N) is 1. The number of hydrogen-bond donors (Lipinski definition) is 2. The molecule has 0 aliphatic carbocycles. The second-order valence-corrected chi connectivity index (χ2v) is 3.15. The molecule has 0 bridgehead atoms. The van der Waals surface area contributed by atoms with E-state index in [9.17, 15) is 0 Å². The molecule has 0 spiro atoms. The van der Waals surface area contributed by atoms with Crippen molar-refractivity contribution < 1.29 is 0 Å². The zero-order valence-corrected chi connectivity index (χ0v) is 8.38. The maximum absolute atomic E-state index is 5.50. The molecule has 3 N–H and O–H groups in total. The standard InChI is InChI=1S/C9H12N6/c1-15-9(12-13-14-15)11-8-4-2-7(6-10)3-5-8/h2-5H,6,10H2,1H3,(H,11,12,14). The third kappa shape index (κ3) is 2.10. The lowest BCUT2D eigenvalue weighted by molar-refractivity contribution is 0.715. The summed E-state index contributed by atoms with van der Waals surface area (Å²) in [7, 11) is 1.77. The Kier molecular flexibility index (Phi) is 2.59. The molecule has 2 aromatic rings. The minimum atomic E-state index is 0.547. The molecule has 0 saturated carbocycles. The Hall–Kier alpha value is -1.95. The second kappa shape index (κ2) is 4.05. The van der Waals surface area contributed by atoms with Crippen molar-refractivity contribution in [1.82, 2.24) is 20.2 Å². The first-order valence-corrected chi connectivity index (χ1v) is 4.58. The summed E-state index contributed by atoms with van der Waals surface area (Å²) in [5.41, 5.74) is 7.53. The Balaban J connectivity index is 2.14. The van der Waals surface area contributed by atoms with Crippen LogP contribution in [0.5, 0.6) is 0 Å². The largest absolute Gasteiger partial charge is 0.326 e.